The predicted molar refractivity (Wildman–Crippen MR) is 87.8 cm³/mol. The molecule has 146 valence electrons. The number of nitrogens with one attached hydrogen (secondary N) is 1. The molecule has 2 rings (SSSR count). The number of benzene rings is 1. The second-order valence-corrected chi connectivity index (χ2v) is 7.93. The van der Waals surface area contributed by atoms with E-state index in [2.05, 4.69) is 10.1 Å². The number of carbonyl (C=O) groups excluding carboxylic acids is 1. The zero-order valence-corrected chi connectivity index (χ0v) is 14.9. The second kappa shape index (κ2) is 8.83. The lowest BCUT2D eigenvalue weighted by molar-refractivity contribution is -0.175. The number of carbonyl (C=O) groups is 1. The van der Waals surface area contributed by atoms with Crippen molar-refractivity contribution < 1.29 is 31.1 Å². The van der Waals surface area contributed by atoms with E-state index in [1.165, 1.54) is 16.4 Å². The molecule has 1 saturated heterocycles. The molecule has 1 aliphatic heterocycles. The largest absolute Gasteiger partial charge is 0.411 e. The molecule has 10 heteroatoms. The van der Waals surface area contributed by atoms with Crippen molar-refractivity contribution in [2.24, 2.45) is 0 Å². The molecule has 0 bridgehead atoms. The monoisotopic (exact) mass is 394 g/mol. The molecule has 0 radical (unpaired) electrons. The van der Waals surface area contributed by atoms with Gasteiger partial charge in [0.25, 0.3) is 0 Å². The van der Waals surface area contributed by atoms with Crippen molar-refractivity contribution in [2.75, 3.05) is 26.3 Å². The molecular weight excluding hydrogens is 373 g/mol. The number of sulfonamides is 1. The third-order valence-electron chi connectivity index (χ3n) is 3.86. The fraction of sp³-hybridized carbons (Fsp3) is 0.562. The van der Waals surface area contributed by atoms with Crippen molar-refractivity contribution in [3.63, 3.8) is 0 Å². The number of alkyl halides is 3. The number of nitrogens with zero attached hydrogens (tertiary/aromatic N) is 1. The summed E-state index contributed by atoms with van der Waals surface area (Å²) in [6, 6.07) is 6.05. The van der Waals surface area contributed by atoms with Crippen LogP contribution in [0.25, 0.3) is 0 Å². The molecule has 0 spiro atoms. The lowest BCUT2D eigenvalue weighted by Crippen LogP contribution is -2.35. The lowest BCUT2D eigenvalue weighted by atomic mass is 10.2. The Morgan fingerprint density at radius 1 is 1.12 bits per heavy atom. The number of halogens is 3. The Kier molecular flexibility index (Phi) is 7.01. The van der Waals surface area contributed by atoms with Crippen LogP contribution >= 0.6 is 0 Å². The van der Waals surface area contributed by atoms with Crippen molar-refractivity contribution in [1.29, 1.82) is 0 Å². The van der Waals surface area contributed by atoms with Gasteiger partial charge in [0.05, 0.1) is 4.90 Å². The van der Waals surface area contributed by atoms with E-state index in [1.54, 1.807) is 12.1 Å². The van der Waals surface area contributed by atoms with Gasteiger partial charge in [0.2, 0.25) is 15.9 Å². The Morgan fingerprint density at radius 2 is 1.73 bits per heavy atom. The van der Waals surface area contributed by atoms with Gasteiger partial charge in [-0.15, -0.1) is 0 Å². The molecule has 1 N–H and O–H groups in total. The first-order valence-corrected chi connectivity index (χ1v) is 9.63. The van der Waals surface area contributed by atoms with Crippen LogP contribution in [0.1, 0.15) is 24.8 Å². The van der Waals surface area contributed by atoms with Gasteiger partial charge in [-0.1, -0.05) is 18.6 Å². The Bertz CT molecular complexity index is 699. The molecule has 1 aromatic rings. The first kappa shape index (κ1) is 20.7. The van der Waals surface area contributed by atoms with Gasteiger partial charge in [0.15, 0.2) is 0 Å². The van der Waals surface area contributed by atoms with Crippen LogP contribution in [-0.2, 0) is 26.1 Å². The maximum atomic E-state index is 12.5. The van der Waals surface area contributed by atoms with Crippen molar-refractivity contribution in [3.8, 4) is 0 Å². The Morgan fingerprint density at radius 3 is 2.31 bits per heavy atom. The van der Waals surface area contributed by atoms with Crippen LogP contribution in [0.3, 0.4) is 0 Å². The highest BCUT2D eigenvalue weighted by Crippen LogP contribution is 2.20. The number of hydrogen-bond donors (Lipinski definition) is 1. The second-order valence-electron chi connectivity index (χ2n) is 5.99. The van der Waals surface area contributed by atoms with Crippen LogP contribution in [0.5, 0.6) is 0 Å². The number of hydrogen-bond acceptors (Lipinski definition) is 4. The maximum absolute atomic E-state index is 12.5. The highest BCUT2D eigenvalue weighted by atomic mass is 32.2. The fourth-order valence-electron chi connectivity index (χ4n) is 2.54. The smallest absolute Gasteiger partial charge is 0.362 e. The Balaban J connectivity index is 1.84. The topological polar surface area (TPSA) is 75.7 Å². The van der Waals surface area contributed by atoms with E-state index in [0.717, 1.165) is 19.3 Å². The summed E-state index contributed by atoms with van der Waals surface area (Å²) in [7, 11) is -3.52. The van der Waals surface area contributed by atoms with Gasteiger partial charge in [-0.3, -0.25) is 4.79 Å². The molecule has 1 amide bonds. The van der Waals surface area contributed by atoms with Crippen LogP contribution in [0, 0.1) is 0 Å². The van der Waals surface area contributed by atoms with Gasteiger partial charge in [-0.05, 0) is 30.5 Å². The van der Waals surface area contributed by atoms with Gasteiger partial charge >= 0.3 is 6.18 Å². The molecule has 1 aromatic carbocycles. The Labute approximate surface area is 150 Å². The van der Waals surface area contributed by atoms with Crippen LogP contribution in [-0.4, -0.2) is 51.1 Å². The maximum Gasteiger partial charge on any atom is 0.411 e. The quantitative estimate of drug-likeness (QED) is 0.768. The first-order valence-electron chi connectivity index (χ1n) is 8.19. The number of ether oxygens (including phenoxy) is 1. The van der Waals surface area contributed by atoms with Crippen LogP contribution in [0.2, 0.25) is 0 Å². The summed E-state index contributed by atoms with van der Waals surface area (Å²) < 4.78 is 66.5. The molecule has 1 fully saturated rings. The normalized spacial score (nSPS) is 16.4. The third kappa shape index (κ3) is 6.26. The summed E-state index contributed by atoms with van der Waals surface area (Å²) in [5, 5.41) is 2.42. The van der Waals surface area contributed by atoms with Crippen LogP contribution in [0.15, 0.2) is 29.2 Å². The molecule has 6 nitrogen and oxygen atoms in total. The summed E-state index contributed by atoms with van der Waals surface area (Å²) in [6.07, 6.45) is -1.76. The van der Waals surface area contributed by atoms with Crippen molar-refractivity contribution in [2.45, 2.75) is 36.9 Å². The van der Waals surface area contributed by atoms with E-state index in [9.17, 15) is 26.4 Å². The summed E-state index contributed by atoms with van der Waals surface area (Å²) in [6.45, 7) is -1.08. The summed E-state index contributed by atoms with van der Waals surface area (Å²) in [4.78, 5) is 11.6. The summed E-state index contributed by atoms with van der Waals surface area (Å²) in [5.74, 6) is -0.681. The number of piperidine rings is 1. The van der Waals surface area contributed by atoms with Gasteiger partial charge < -0.3 is 10.1 Å². The van der Waals surface area contributed by atoms with Crippen molar-refractivity contribution >= 4 is 15.9 Å². The highest BCUT2D eigenvalue weighted by molar-refractivity contribution is 7.89. The molecule has 0 aromatic heterocycles. The standard InChI is InChI=1S/C16H21F3N2O4S/c17-16(18,19)12-25-11-15(22)20-10-13-4-6-14(7-5-13)26(23,24)21-8-2-1-3-9-21/h4-7H,1-3,8-12H2,(H,20,22). The van der Waals surface area contributed by atoms with Gasteiger partial charge in [0.1, 0.15) is 13.2 Å². The average Bonchev–Trinajstić information content (AvgIpc) is 2.60. The third-order valence-corrected chi connectivity index (χ3v) is 5.78. The molecule has 0 unspecified atom stereocenters. The van der Waals surface area contributed by atoms with E-state index < -0.39 is 35.3 Å². The number of rotatable bonds is 7. The minimum atomic E-state index is -4.48. The van der Waals surface area contributed by atoms with Crippen LogP contribution in [0.4, 0.5) is 13.2 Å². The van der Waals surface area contributed by atoms with Gasteiger partial charge in [0, 0.05) is 19.6 Å². The molecule has 0 atom stereocenters. The van der Waals surface area contributed by atoms with E-state index in [1.807, 2.05) is 0 Å². The average molecular weight is 394 g/mol. The summed E-state index contributed by atoms with van der Waals surface area (Å²) in [5.41, 5.74) is 0.631. The van der Waals surface area contributed by atoms with E-state index in [0.29, 0.717) is 18.7 Å². The zero-order chi connectivity index (χ0) is 19.2. The first-order chi connectivity index (χ1) is 12.2. The minimum Gasteiger partial charge on any atom is -0.362 e. The number of amides is 1. The van der Waals surface area contributed by atoms with E-state index >= 15 is 0 Å². The molecule has 1 heterocycles. The lowest BCUT2D eigenvalue weighted by Gasteiger charge is -2.25. The highest BCUT2D eigenvalue weighted by Gasteiger charge is 2.28. The summed E-state index contributed by atoms with van der Waals surface area (Å²) >= 11 is 0. The predicted octanol–water partition coefficient (Wildman–Crippen LogP) is 2.06. The molecule has 0 aliphatic carbocycles. The molecular formula is C16H21F3N2O4S. The van der Waals surface area contributed by atoms with Crippen molar-refractivity contribution in [1.82, 2.24) is 9.62 Å². The van der Waals surface area contributed by atoms with Gasteiger partial charge in [-0.2, -0.15) is 17.5 Å². The van der Waals surface area contributed by atoms with Crippen molar-refractivity contribution in [3.05, 3.63) is 29.8 Å². The van der Waals surface area contributed by atoms with Crippen LogP contribution < -0.4 is 5.32 Å². The fourth-order valence-corrected chi connectivity index (χ4v) is 4.06. The molecule has 1 aliphatic rings. The molecule has 26 heavy (non-hydrogen) atoms. The van der Waals surface area contributed by atoms with Gasteiger partial charge in [-0.25, -0.2) is 8.42 Å². The molecule has 0 saturated carbocycles. The van der Waals surface area contributed by atoms with E-state index in [4.69, 9.17) is 0 Å². The SMILES string of the molecule is O=C(COCC(F)(F)F)NCc1ccc(S(=O)(=O)N2CCCCC2)cc1. The minimum absolute atomic E-state index is 0.0677. The Hall–Kier alpha value is -1.65. The van der Waals surface area contributed by atoms with E-state index in [-0.39, 0.29) is 11.4 Å². The zero-order valence-electron chi connectivity index (χ0n) is 14.1.